The van der Waals surface area contributed by atoms with E-state index in [2.05, 4.69) is 0 Å². The Labute approximate surface area is 112 Å². The van der Waals surface area contributed by atoms with Gasteiger partial charge in [0.25, 0.3) is 5.56 Å². The molecule has 0 spiro atoms. The van der Waals surface area contributed by atoms with Gasteiger partial charge in [-0.15, -0.1) is 0 Å². The number of benzene rings is 2. The standard InChI is InChI=1S/C15H10FNO3/c16-11-7-5-10(6-8-11)9-17-14(18)12-3-1-2-4-13(12)20-15(17)19/h1-8H,9H2. The highest BCUT2D eigenvalue weighted by atomic mass is 19.1. The first-order valence-electron chi connectivity index (χ1n) is 6.02. The molecule has 3 aromatic rings. The molecule has 3 rings (SSSR count). The van der Waals surface area contributed by atoms with Gasteiger partial charge in [-0.05, 0) is 29.8 Å². The largest absolute Gasteiger partial charge is 0.422 e. The normalized spacial score (nSPS) is 10.8. The molecule has 0 amide bonds. The highest BCUT2D eigenvalue weighted by molar-refractivity contribution is 5.74. The number of hydrogen-bond donors (Lipinski definition) is 0. The van der Waals surface area contributed by atoms with Gasteiger partial charge in [-0.1, -0.05) is 24.3 Å². The van der Waals surface area contributed by atoms with E-state index >= 15 is 0 Å². The van der Waals surface area contributed by atoms with E-state index < -0.39 is 11.3 Å². The lowest BCUT2D eigenvalue weighted by molar-refractivity contribution is 0.471. The van der Waals surface area contributed by atoms with Crippen LogP contribution < -0.4 is 11.3 Å². The van der Waals surface area contributed by atoms with Crippen molar-refractivity contribution in [3.63, 3.8) is 0 Å². The SMILES string of the molecule is O=c1oc2ccccc2c(=O)n1Cc1ccc(F)cc1. The van der Waals surface area contributed by atoms with Crippen LogP contribution >= 0.6 is 0 Å². The third kappa shape index (κ3) is 2.14. The van der Waals surface area contributed by atoms with Crippen LogP contribution in [0.4, 0.5) is 4.39 Å². The monoisotopic (exact) mass is 271 g/mol. The molecule has 1 aromatic heterocycles. The van der Waals surface area contributed by atoms with E-state index in [-0.39, 0.29) is 17.9 Å². The highest BCUT2D eigenvalue weighted by Gasteiger charge is 2.09. The fraction of sp³-hybridized carbons (Fsp3) is 0.0667. The summed E-state index contributed by atoms with van der Waals surface area (Å²) in [6.45, 7) is 0.0479. The van der Waals surface area contributed by atoms with Crippen LogP contribution in [0.15, 0.2) is 62.5 Å². The summed E-state index contributed by atoms with van der Waals surface area (Å²) in [5.74, 6) is -1.09. The van der Waals surface area contributed by atoms with Gasteiger partial charge in [-0.25, -0.2) is 13.8 Å². The van der Waals surface area contributed by atoms with Crippen LogP contribution in [-0.4, -0.2) is 4.57 Å². The summed E-state index contributed by atoms with van der Waals surface area (Å²) in [7, 11) is 0. The lowest BCUT2D eigenvalue weighted by atomic mass is 10.2. The summed E-state index contributed by atoms with van der Waals surface area (Å²) in [6, 6.07) is 12.2. The molecule has 0 atom stereocenters. The summed E-state index contributed by atoms with van der Waals surface area (Å²) >= 11 is 0. The van der Waals surface area contributed by atoms with Crippen molar-refractivity contribution < 1.29 is 8.81 Å². The maximum atomic E-state index is 12.8. The van der Waals surface area contributed by atoms with Gasteiger partial charge in [-0.2, -0.15) is 0 Å². The Morgan fingerprint density at radius 3 is 2.45 bits per heavy atom. The number of fused-ring (bicyclic) bond motifs is 1. The molecule has 0 bridgehead atoms. The number of aromatic nitrogens is 1. The number of hydrogen-bond acceptors (Lipinski definition) is 3. The Morgan fingerprint density at radius 2 is 1.70 bits per heavy atom. The molecule has 2 aromatic carbocycles. The molecule has 0 aliphatic rings. The minimum Gasteiger partial charge on any atom is -0.409 e. The van der Waals surface area contributed by atoms with Crippen molar-refractivity contribution in [2.45, 2.75) is 6.54 Å². The summed E-state index contributed by atoms with van der Waals surface area (Å²) < 4.78 is 18.9. The Balaban J connectivity index is 2.14. The zero-order valence-corrected chi connectivity index (χ0v) is 10.4. The third-order valence-corrected chi connectivity index (χ3v) is 3.03. The summed E-state index contributed by atoms with van der Waals surface area (Å²) in [4.78, 5) is 24.1. The molecule has 0 radical (unpaired) electrons. The van der Waals surface area contributed by atoms with Crippen molar-refractivity contribution in [2.24, 2.45) is 0 Å². The first-order valence-corrected chi connectivity index (χ1v) is 6.02. The van der Waals surface area contributed by atoms with Crippen molar-refractivity contribution in [3.05, 3.63) is 80.8 Å². The van der Waals surface area contributed by atoms with Crippen LogP contribution in [0.1, 0.15) is 5.56 Å². The second kappa shape index (κ2) is 4.77. The van der Waals surface area contributed by atoms with E-state index in [0.29, 0.717) is 10.9 Å². The van der Waals surface area contributed by atoms with Gasteiger partial charge >= 0.3 is 5.76 Å². The molecule has 0 unspecified atom stereocenters. The molecular formula is C15H10FNO3. The molecular weight excluding hydrogens is 261 g/mol. The van der Waals surface area contributed by atoms with Gasteiger partial charge in [-0.3, -0.25) is 4.79 Å². The highest BCUT2D eigenvalue weighted by Crippen LogP contribution is 2.07. The van der Waals surface area contributed by atoms with Crippen molar-refractivity contribution in [1.29, 1.82) is 0 Å². The number of nitrogens with zero attached hydrogens (tertiary/aromatic N) is 1. The first-order chi connectivity index (χ1) is 9.65. The molecule has 100 valence electrons. The Kier molecular flexibility index (Phi) is 2.95. The number of halogens is 1. The number of para-hydroxylation sites is 1. The van der Waals surface area contributed by atoms with Gasteiger partial charge in [0.2, 0.25) is 0 Å². The first kappa shape index (κ1) is 12.3. The van der Waals surface area contributed by atoms with E-state index in [1.54, 1.807) is 24.3 Å². The molecule has 5 heteroatoms. The van der Waals surface area contributed by atoms with Gasteiger partial charge in [0.15, 0.2) is 0 Å². The predicted molar refractivity (Wildman–Crippen MR) is 72.2 cm³/mol. The third-order valence-electron chi connectivity index (χ3n) is 3.03. The van der Waals surface area contributed by atoms with E-state index in [0.717, 1.165) is 4.57 Å². The maximum absolute atomic E-state index is 12.8. The zero-order valence-electron chi connectivity index (χ0n) is 10.4. The van der Waals surface area contributed by atoms with E-state index in [9.17, 15) is 14.0 Å². The summed E-state index contributed by atoms with van der Waals surface area (Å²) in [6.07, 6.45) is 0. The molecule has 0 saturated carbocycles. The van der Waals surface area contributed by atoms with Crippen molar-refractivity contribution in [1.82, 2.24) is 4.57 Å². The second-order valence-corrected chi connectivity index (χ2v) is 4.38. The smallest absolute Gasteiger partial charge is 0.409 e. The Morgan fingerprint density at radius 1 is 1.00 bits per heavy atom. The zero-order chi connectivity index (χ0) is 14.1. The molecule has 20 heavy (non-hydrogen) atoms. The fourth-order valence-electron chi connectivity index (χ4n) is 2.02. The quantitative estimate of drug-likeness (QED) is 0.717. The van der Waals surface area contributed by atoms with Crippen LogP contribution in [0.25, 0.3) is 11.0 Å². The molecule has 1 heterocycles. The molecule has 0 fully saturated rings. The maximum Gasteiger partial charge on any atom is 0.422 e. The number of rotatable bonds is 2. The van der Waals surface area contributed by atoms with Crippen molar-refractivity contribution in [2.75, 3.05) is 0 Å². The minimum absolute atomic E-state index is 0.0479. The molecule has 0 N–H and O–H groups in total. The van der Waals surface area contributed by atoms with Crippen LogP contribution in [0.5, 0.6) is 0 Å². The Hall–Kier alpha value is -2.69. The van der Waals surface area contributed by atoms with Crippen LogP contribution in [-0.2, 0) is 6.54 Å². The average Bonchev–Trinajstić information content (AvgIpc) is 2.45. The van der Waals surface area contributed by atoms with E-state index in [4.69, 9.17) is 4.42 Å². The van der Waals surface area contributed by atoms with Gasteiger partial charge in [0.1, 0.15) is 11.4 Å². The Bertz CT molecular complexity index is 878. The molecule has 0 saturated heterocycles. The van der Waals surface area contributed by atoms with Gasteiger partial charge in [0, 0.05) is 0 Å². The predicted octanol–water partition coefficient (Wildman–Crippen LogP) is 2.14. The van der Waals surface area contributed by atoms with Crippen LogP contribution in [0.2, 0.25) is 0 Å². The molecule has 0 aliphatic carbocycles. The summed E-state index contributed by atoms with van der Waals surface area (Å²) in [5, 5.41) is 0.342. The molecule has 4 nitrogen and oxygen atoms in total. The van der Waals surface area contributed by atoms with Crippen LogP contribution in [0.3, 0.4) is 0 Å². The lowest BCUT2D eigenvalue weighted by Crippen LogP contribution is -2.32. The average molecular weight is 271 g/mol. The van der Waals surface area contributed by atoms with Crippen LogP contribution in [0, 0.1) is 5.82 Å². The fourth-order valence-corrected chi connectivity index (χ4v) is 2.02. The van der Waals surface area contributed by atoms with Gasteiger partial charge in [0.05, 0.1) is 11.9 Å². The topological polar surface area (TPSA) is 52.2 Å². The lowest BCUT2D eigenvalue weighted by Gasteiger charge is -2.05. The molecule has 0 aliphatic heterocycles. The minimum atomic E-state index is -0.724. The van der Waals surface area contributed by atoms with Gasteiger partial charge < -0.3 is 4.42 Å². The van der Waals surface area contributed by atoms with E-state index in [1.807, 2.05) is 0 Å². The second-order valence-electron chi connectivity index (χ2n) is 4.38. The van der Waals surface area contributed by atoms with E-state index in [1.165, 1.54) is 24.3 Å². The van der Waals surface area contributed by atoms with Crippen molar-refractivity contribution in [3.8, 4) is 0 Å². The summed E-state index contributed by atoms with van der Waals surface area (Å²) in [5.41, 5.74) is 0.495. The van der Waals surface area contributed by atoms with Crippen molar-refractivity contribution >= 4 is 11.0 Å².